The number of benzene rings is 1. The number of carbonyl (C=O) groups excluding carboxylic acids is 1. The SMILES string of the molecule is Cc1[nH]c2ccccc2c1/C=N/NC(=O)CCc1n[nH]c(=O)[nH]c1=O. The largest absolute Gasteiger partial charge is 0.358 e. The lowest BCUT2D eigenvalue weighted by Crippen LogP contribution is -2.28. The van der Waals surface area contributed by atoms with Crippen molar-refractivity contribution in [2.75, 3.05) is 0 Å². The second-order valence-corrected chi connectivity index (χ2v) is 5.46. The molecule has 0 unspecified atom stereocenters. The number of nitrogens with zero attached hydrogens (tertiary/aromatic N) is 2. The van der Waals surface area contributed by atoms with Crippen LogP contribution in [0.2, 0.25) is 0 Å². The second-order valence-electron chi connectivity index (χ2n) is 5.46. The van der Waals surface area contributed by atoms with Gasteiger partial charge in [-0.05, 0) is 13.0 Å². The van der Waals surface area contributed by atoms with Crippen molar-refractivity contribution in [1.29, 1.82) is 0 Å². The molecule has 0 atom stereocenters. The Labute approximate surface area is 141 Å². The molecule has 0 fully saturated rings. The lowest BCUT2D eigenvalue weighted by Gasteiger charge is -1.99. The van der Waals surface area contributed by atoms with E-state index < -0.39 is 11.2 Å². The number of aryl methyl sites for hydroxylation is 2. The average molecular weight is 340 g/mol. The highest BCUT2D eigenvalue weighted by molar-refractivity contribution is 6.00. The molecular weight excluding hydrogens is 324 g/mol. The maximum absolute atomic E-state index is 11.8. The van der Waals surface area contributed by atoms with E-state index in [0.29, 0.717) is 0 Å². The fourth-order valence-electron chi connectivity index (χ4n) is 2.46. The molecule has 1 aromatic carbocycles. The summed E-state index contributed by atoms with van der Waals surface area (Å²) in [4.78, 5) is 39.5. The van der Waals surface area contributed by atoms with Gasteiger partial charge in [-0.1, -0.05) is 18.2 Å². The lowest BCUT2D eigenvalue weighted by atomic mass is 10.1. The first-order valence-corrected chi connectivity index (χ1v) is 7.61. The topological polar surface area (TPSA) is 136 Å². The van der Waals surface area contributed by atoms with Gasteiger partial charge in [-0.2, -0.15) is 10.2 Å². The molecule has 128 valence electrons. The van der Waals surface area contributed by atoms with E-state index in [4.69, 9.17) is 0 Å². The van der Waals surface area contributed by atoms with Crippen LogP contribution in [0.4, 0.5) is 0 Å². The van der Waals surface area contributed by atoms with Crippen molar-refractivity contribution >= 4 is 23.0 Å². The summed E-state index contributed by atoms with van der Waals surface area (Å²) in [5.74, 6) is -0.360. The van der Waals surface area contributed by atoms with Gasteiger partial charge < -0.3 is 4.98 Å². The van der Waals surface area contributed by atoms with Crippen LogP contribution in [0.1, 0.15) is 23.4 Å². The Morgan fingerprint density at radius 1 is 1.28 bits per heavy atom. The summed E-state index contributed by atoms with van der Waals surface area (Å²) in [7, 11) is 0. The van der Waals surface area contributed by atoms with Gasteiger partial charge in [0, 0.05) is 35.0 Å². The molecule has 0 saturated heterocycles. The van der Waals surface area contributed by atoms with E-state index in [1.54, 1.807) is 6.21 Å². The monoisotopic (exact) mass is 340 g/mol. The van der Waals surface area contributed by atoms with E-state index in [-0.39, 0.29) is 24.4 Å². The van der Waals surface area contributed by atoms with Gasteiger partial charge in [-0.3, -0.25) is 14.6 Å². The number of rotatable bonds is 5. The Balaban J connectivity index is 1.62. The van der Waals surface area contributed by atoms with E-state index in [0.717, 1.165) is 22.2 Å². The standard InChI is InChI=1S/C16H16N6O3/c1-9-11(10-4-2-3-5-12(10)18-9)8-17-21-14(23)7-6-13-15(24)19-16(25)22-20-13/h2-5,8,18H,6-7H2,1H3,(H,21,23)(H2,19,22,24,25)/b17-8+. The molecule has 3 rings (SSSR count). The van der Waals surface area contributed by atoms with Crippen LogP contribution in [0.15, 0.2) is 39.0 Å². The molecule has 0 aliphatic heterocycles. The number of para-hydroxylation sites is 1. The van der Waals surface area contributed by atoms with Gasteiger partial charge in [-0.25, -0.2) is 15.3 Å². The molecule has 0 saturated carbocycles. The Morgan fingerprint density at radius 3 is 2.88 bits per heavy atom. The quantitative estimate of drug-likeness (QED) is 0.393. The van der Waals surface area contributed by atoms with E-state index in [2.05, 4.69) is 30.7 Å². The van der Waals surface area contributed by atoms with Gasteiger partial charge in [0.05, 0.1) is 6.21 Å². The minimum absolute atomic E-state index is 0.0202. The first-order chi connectivity index (χ1) is 12.0. The van der Waals surface area contributed by atoms with Crippen molar-refractivity contribution in [1.82, 2.24) is 25.6 Å². The van der Waals surface area contributed by atoms with Gasteiger partial charge in [-0.15, -0.1) is 0 Å². The number of carbonyl (C=O) groups is 1. The Hall–Kier alpha value is -3.49. The average Bonchev–Trinajstić information content (AvgIpc) is 2.90. The summed E-state index contributed by atoms with van der Waals surface area (Å²) in [6, 6.07) is 7.80. The van der Waals surface area contributed by atoms with E-state index >= 15 is 0 Å². The Bertz CT molecular complexity index is 1060. The van der Waals surface area contributed by atoms with Gasteiger partial charge >= 0.3 is 5.69 Å². The molecule has 2 aromatic heterocycles. The van der Waals surface area contributed by atoms with Crippen LogP contribution >= 0.6 is 0 Å². The van der Waals surface area contributed by atoms with Crippen LogP contribution < -0.4 is 16.7 Å². The van der Waals surface area contributed by atoms with Crippen molar-refractivity contribution in [2.24, 2.45) is 5.10 Å². The first kappa shape index (κ1) is 16.4. The van der Waals surface area contributed by atoms with Crippen LogP contribution in [-0.2, 0) is 11.2 Å². The molecule has 3 aromatic rings. The summed E-state index contributed by atoms with van der Waals surface area (Å²) in [6.07, 6.45) is 1.70. The summed E-state index contributed by atoms with van der Waals surface area (Å²) in [5, 5.41) is 10.7. The van der Waals surface area contributed by atoms with Crippen LogP contribution in [0.3, 0.4) is 0 Å². The normalized spacial score (nSPS) is 11.2. The number of H-pyrrole nitrogens is 3. The number of hydrogen-bond acceptors (Lipinski definition) is 5. The number of amides is 1. The molecule has 0 bridgehead atoms. The van der Waals surface area contributed by atoms with Crippen molar-refractivity contribution in [3.63, 3.8) is 0 Å². The molecule has 0 aliphatic rings. The third-order valence-electron chi connectivity index (χ3n) is 3.70. The van der Waals surface area contributed by atoms with Crippen molar-refractivity contribution < 1.29 is 4.79 Å². The molecule has 2 heterocycles. The van der Waals surface area contributed by atoms with Crippen molar-refractivity contribution in [3.05, 3.63) is 62.1 Å². The zero-order valence-electron chi connectivity index (χ0n) is 13.4. The molecule has 0 aliphatic carbocycles. The summed E-state index contributed by atoms with van der Waals surface area (Å²) in [6.45, 7) is 1.93. The number of aromatic nitrogens is 4. The highest BCUT2D eigenvalue weighted by Gasteiger charge is 2.08. The van der Waals surface area contributed by atoms with Crippen LogP contribution in [-0.4, -0.2) is 32.3 Å². The first-order valence-electron chi connectivity index (χ1n) is 7.61. The van der Waals surface area contributed by atoms with E-state index in [9.17, 15) is 14.4 Å². The van der Waals surface area contributed by atoms with Gasteiger partial charge in [0.15, 0.2) is 0 Å². The van der Waals surface area contributed by atoms with Gasteiger partial charge in [0.1, 0.15) is 5.69 Å². The fourth-order valence-corrected chi connectivity index (χ4v) is 2.46. The predicted octanol–water partition coefficient (Wildman–Crippen LogP) is 0.331. The molecule has 9 heteroatoms. The zero-order chi connectivity index (χ0) is 17.8. The minimum Gasteiger partial charge on any atom is -0.358 e. The predicted molar refractivity (Wildman–Crippen MR) is 92.6 cm³/mol. The van der Waals surface area contributed by atoms with Crippen molar-refractivity contribution in [2.45, 2.75) is 19.8 Å². The third-order valence-corrected chi connectivity index (χ3v) is 3.70. The van der Waals surface area contributed by atoms with E-state index in [1.165, 1.54) is 0 Å². The van der Waals surface area contributed by atoms with Crippen molar-refractivity contribution in [3.8, 4) is 0 Å². The molecule has 25 heavy (non-hydrogen) atoms. The number of hydrazone groups is 1. The molecule has 0 spiro atoms. The molecule has 4 N–H and O–H groups in total. The Kier molecular flexibility index (Phi) is 4.55. The molecule has 9 nitrogen and oxygen atoms in total. The number of hydrogen-bond donors (Lipinski definition) is 4. The molecular formula is C16H16N6O3. The lowest BCUT2D eigenvalue weighted by molar-refractivity contribution is -0.121. The van der Waals surface area contributed by atoms with Gasteiger partial charge in [0.25, 0.3) is 5.56 Å². The van der Waals surface area contributed by atoms with E-state index in [1.807, 2.05) is 31.2 Å². The maximum atomic E-state index is 11.8. The zero-order valence-corrected chi connectivity index (χ0v) is 13.4. The molecule has 0 radical (unpaired) electrons. The van der Waals surface area contributed by atoms with Crippen LogP contribution in [0, 0.1) is 6.92 Å². The Morgan fingerprint density at radius 2 is 2.08 bits per heavy atom. The summed E-state index contributed by atoms with van der Waals surface area (Å²) >= 11 is 0. The third kappa shape index (κ3) is 3.71. The number of aromatic amines is 3. The number of fused-ring (bicyclic) bond motifs is 1. The number of nitrogens with one attached hydrogen (secondary N) is 4. The molecule has 1 amide bonds. The van der Waals surface area contributed by atoms with Crippen LogP contribution in [0.5, 0.6) is 0 Å². The highest BCUT2D eigenvalue weighted by Crippen LogP contribution is 2.19. The van der Waals surface area contributed by atoms with Crippen LogP contribution in [0.25, 0.3) is 10.9 Å². The summed E-state index contributed by atoms with van der Waals surface area (Å²) in [5.41, 5.74) is 4.06. The minimum atomic E-state index is -0.683. The van der Waals surface area contributed by atoms with Gasteiger partial charge in [0.2, 0.25) is 5.91 Å². The fraction of sp³-hybridized carbons (Fsp3) is 0.188. The highest BCUT2D eigenvalue weighted by atomic mass is 16.2. The summed E-state index contributed by atoms with van der Waals surface area (Å²) < 4.78 is 0. The smallest absolute Gasteiger partial charge is 0.342 e. The second kappa shape index (κ2) is 6.95. The maximum Gasteiger partial charge on any atom is 0.342 e.